The predicted octanol–water partition coefficient (Wildman–Crippen LogP) is 5.75. The van der Waals surface area contributed by atoms with Crippen LogP contribution in [0, 0.1) is 23.7 Å². The second kappa shape index (κ2) is 9.46. The Bertz CT molecular complexity index is 1200. The normalized spacial score (nSPS) is 26.5. The van der Waals surface area contributed by atoms with Crippen LogP contribution in [0.4, 0.5) is 5.69 Å². The summed E-state index contributed by atoms with van der Waals surface area (Å²) in [5, 5.41) is 9.73. The predicted molar refractivity (Wildman–Crippen MR) is 137 cm³/mol. The van der Waals surface area contributed by atoms with Gasteiger partial charge in [0.15, 0.2) is 0 Å². The maximum absolute atomic E-state index is 13.6. The molecule has 0 spiro atoms. The van der Waals surface area contributed by atoms with E-state index in [2.05, 4.69) is 26.8 Å². The van der Waals surface area contributed by atoms with Crippen LogP contribution in [0.25, 0.3) is 6.08 Å². The topological polar surface area (TPSA) is 66.8 Å². The number of carbonyl (C=O) groups excluding carboxylic acids is 2. The quantitative estimate of drug-likeness (QED) is 0.430. The smallest absolute Gasteiger partial charge is 0.238 e. The lowest BCUT2D eigenvalue weighted by atomic mass is 9.67. The summed E-state index contributed by atoms with van der Waals surface area (Å²) >= 11 is 0. The Balaban J connectivity index is 1.38. The van der Waals surface area contributed by atoms with E-state index in [0.29, 0.717) is 24.6 Å². The van der Waals surface area contributed by atoms with Crippen molar-refractivity contribution in [1.29, 1.82) is 0 Å². The Labute approximate surface area is 207 Å². The van der Waals surface area contributed by atoms with E-state index in [-0.39, 0.29) is 41.4 Å². The van der Waals surface area contributed by atoms with Crippen LogP contribution in [0.1, 0.15) is 45.6 Å². The maximum atomic E-state index is 13.6. The molecular formula is C30H33NO4. The Kier molecular flexibility index (Phi) is 6.37. The molecule has 5 heteroatoms. The summed E-state index contributed by atoms with van der Waals surface area (Å²) in [5.74, 6) is -0.264. The zero-order valence-electron chi connectivity index (χ0n) is 20.6. The van der Waals surface area contributed by atoms with E-state index in [1.54, 1.807) is 12.1 Å². The largest absolute Gasteiger partial charge is 0.508 e. The highest BCUT2D eigenvalue weighted by Crippen LogP contribution is 2.51. The monoisotopic (exact) mass is 471 g/mol. The van der Waals surface area contributed by atoms with E-state index in [1.807, 2.05) is 42.5 Å². The summed E-state index contributed by atoms with van der Waals surface area (Å²) in [6.07, 6.45) is 4.40. The number of rotatable bonds is 6. The van der Waals surface area contributed by atoms with Crippen LogP contribution in [0.2, 0.25) is 0 Å². The molecule has 2 saturated heterocycles. The SMILES string of the molecule is C/C(=C\c1cccc(O)c1)CC[C@H]1OC[C@H]2C1=C(C(C)C)C[C@H]1C(=O)N(c3ccccc3)C(=O)[C@H]12. The molecule has 2 aromatic rings. The molecule has 0 aromatic heterocycles. The molecule has 2 amide bonds. The van der Waals surface area contributed by atoms with E-state index in [9.17, 15) is 14.7 Å². The number of hydrogen-bond acceptors (Lipinski definition) is 4. The number of aromatic hydroxyl groups is 1. The van der Waals surface area contributed by atoms with Crippen LogP contribution in [-0.2, 0) is 14.3 Å². The minimum atomic E-state index is -0.339. The number of phenols is 1. The number of hydrogen-bond donors (Lipinski definition) is 1. The number of amides is 2. The number of ether oxygens (including phenoxy) is 1. The highest BCUT2D eigenvalue weighted by Gasteiger charge is 2.57. The highest BCUT2D eigenvalue weighted by atomic mass is 16.5. The summed E-state index contributed by atoms with van der Waals surface area (Å²) in [7, 11) is 0. The summed E-state index contributed by atoms with van der Waals surface area (Å²) in [6, 6.07) is 16.5. The molecule has 0 bridgehead atoms. The van der Waals surface area contributed by atoms with Crippen molar-refractivity contribution < 1.29 is 19.4 Å². The van der Waals surface area contributed by atoms with Crippen LogP contribution in [0.15, 0.2) is 71.3 Å². The first-order valence-corrected chi connectivity index (χ1v) is 12.6. The molecule has 2 aliphatic heterocycles. The second-order valence-corrected chi connectivity index (χ2v) is 10.4. The fourth-order valence-electron chi connectivity index (χ4n) is 6.12. The number of para-hydroxylation sites is 1. The van der Waals surface area contributed by atoms with Crippen molar-refractivity contribution in [3.63, 3.8) is 0 Å². The number of allylic oxidation sites excluding steroid dienone is 2. The van der Waals surface area contributed by atoms with Crippen molar-refractivity contribution in [3.8, 4) is 5.75 Å². The zero-order valence-corrected chi connectivity index (χ0v) is 20.6. The molecule has 5 nitrogen and oxygen atoms in total. The molecular weight excluding hydrogens is 438 g/mol. The minimum Gasteiger partial charge on any atom is -0.508 e. The number of anilines is 1. The lowest BCUT2D eigenvalue weighted by molar-refractivity contribution is -0.122. The summed E-state index contributed by atoms with van der Waals surface area (Å²) < 4.78 is 6.33. The number of carbonyl (C=O) groups is 2. The van der Waals surface area contributed by atoms with Crippen molar-refractivity contribution in [2.75, 3.05) is 11.5 Å². The van der Waals surface area contributed by atoms with Crippen molar-refractivity contribution in [1.82, 2.24) is 0 Å². The summed E-state index contributed by atoms with van der Waals surface area (Å²) in [5.41, 5.74) is 5.41. The van der Waals surface area contributed by atoms with Gasteiger partial charge in [0.1, 0.15) is 5.75 Å². The average molecular weight is 472 g/mol. The molecule has 2 fully saturated rings. The van der Waals surface area contributed by atoms with Gasteiger partial charge in [0.05, 0.1) is 30.2 Å². The average Bonchev–Trinajstić information content (AvgIpc) is 3.36. The highest BCUT2D eigenvalue weighted by molar-refractivity contribution is 6.22. The number of benzene rings is 2. The standard InChI is InChI=1S/C30H33NO4/c1-18(2)23-16-24-28(30(34)31(29(24)33)21-9-5-4-6-10-21)25-17-35-26(27(23)25)13-12-19(3)14-20-8-7-11-22(32)15-20/h4-11,14-15,18,24-26,28,32H,12-13,16-17H2,1-3H3/b19-14+/t24-,25+,26-,28-/m1/s1. The molecule has 3 aliphatic rings. The molecule has 0 radical (unpaired) electrons. The van der Waals surface area contributed by atoms with Gasteiger partial charge in [0.2, 0.25) is 11.8 Å². The van der Waals surface area contributed by atoms with E-state index >= 15 is 0 Å². The van der Waals surface area contributed by atoms with Crippen molar-refractivity contribution in [2.45, 2.75) is 46.1 Å². The third kappa shape index (κ3) is 4.34. The van der Waals surface area contributed by atoms with Gasteiger partial charge < -0.3 is 9.84 Å². The Morgan fingerprint density at radius 1 is 1.09 bits per heavy atom. The molecule has 5 rings (SSSR count). The maximum Gasteiger partial charge on any atom is 0.238 e. The van der Waals surface area contributed by atoms with Gasteiger partial charge >= 0.3 is 0 Å². The second-order valence-electron chi connectivity index (χ2n) is 10.4. The fraction of sp³-hybridized carbons (Fsp3) is 0.400. The molecule has 35 heavy (non-hydrogen) atoms. The number of phenolic OH excluding ortho intramolecular Hbond substituents is 1. The molecule has 1 aliphatic carbocycles. The molecule has 0 unspecified atom stereocenters. The zero-order chi connectivity index (χ0) is 24.7. The molecule has 0 saturated carbocycles. The van der Waals surface area contributed by atoms with Gasteiger partial charge in [-0.15, -0.1) is 0 Å². The first kappa shape index (κ1) is 23.6. The van der Waals surface area contributed by atoms with Gasteiger partial charge in [-0.05, 0) is 67.5 Å². The van der Waals surface area contributed by atoms with E-state index in [0.717, 1.165) is 18.4 Å². The number of imide groups is 1. The fourth-order valence-corrected chi connectivity index (χ4v) is 6.12. The summed E-state index contributed by atoms with van der Waals surface area (Å²) in [6.45, 7) is 6.95. The molecule has 1 N–H and O–H groups in total. The lowest BCUT2D eigenvalue weighted by Gasteiger charge is -2.33. The van der Waals surface area contributed by atoms with Gasteiger partial charge in [-0.3, -0.25) is 14.5 Å². The minimum absolute atomic E-state index is 0.0282. The van der Waals surface area contributed by atoms with Crippen LogP contribution in [0.5, 0.6) is 5.75 Å². The third-order valence-corrected chi connectivity index (χ3v) is 7.74. The van der Waals surface area contributed by atoms with E-state index < -0.39 is 0 Å². The molecule has 2 aromatic carbocycles. The Morgan fingerprint density at radius 2 is 1.86 bits per heavy atom. The Hall–Kier alpha value is -3.18. The summed E-state index contributed by atoms with van der Waals surface area (Å²) in [4.78, 5) is 28.4. The molecule has 4 atom stereocenters. The van der Waals surface area contributed by atoms with E-state index in [4.69, 9.17) is 4.74 Å². The van der Waals surface area contributed by atoms with Gasteiger partial charge in [-0.25, -0.2) is 0 Å². The van der Waals surface area contributed by atoms with Gasteiger partial charge in [0.25, 0.3) is 0 Å². The van der Waals surface area contributed by atoms with Crippen LogP contribution < -0.4 is 4.90 Å². The number of nitrogens with zero attached hydrogens (tertiary/aromatic N) is 1. The van der Waals surface area contributed by atoms with Crippen LogP contribution in [-0.4, -0.2) is 29.6 Å². The van der Waals surface area contributed by atoms with Crippen molar-refractivity contribution >= 4 is 23.6 Å². The Morgan fingerprint density at radius 3 is 2.57 bits per heavy atom. The third-order valence-electron chi connectivity index (χ3n) is 7.74. The first-order chi connectivity index (χ1) is 16.8. The molecule has 2 heterocycles. The van der Waals surface area contributed by atoms with Gasteiger partial charge in [0, 0.05) is 5.92 Å². The van der Waals surface area contributed by atoms with Gasteiger partial charge in [-0.1, -0.05) is 61.4 Å². The number of fused-ring (bicyclic) bond motifs is 3. The van der Waals surface area contributed by atoms with Gasteiger partial charge in [-0.2, -0.15) is 0 Å². The van der Waals surface area contributed by atoms with Crippen molar-refractivity contribution in [2.24, 2.45) is 23.7 Å². The van der Waals surface area contributed by atoms with E-state index in [1.165, 1.54) is 21.6 Å². The van der Waals surface area contributed by atoms with Crippen LogP contribution >= 0.6 is 0 Å². The first-order valence-electron chi connectivity index (χ1n) is 12.6. The van der Waals surface area contributed by atoms with Crippen LogP contribution in [0.3, 0.4) is 0 Å². The van der Waals surface area contributed by atoms with Crippen molar-refractivity contribution in [3.05, 3.63) is 76.9 Å². The lowest BCUT2D eigenvalue weighted by Crippen LogP contribution is -2.35. The molecule has 182 valence electrons.